The standard InChI is InChI=1S/C17H32N2O4/c1-13(18-14-5-8-21-9-6-14)11-15-12-22-10-7-19(15)16(20)23-17(2,3)4/h13-15,18H,5-12H2,1-4H3. The first-order chi connectivity index (χ1) is 10.8. The van der Waals surface area contributed by atoms with E-state index in [1.54, 1.807) is 0 Å². The van der Waals surface area contributed by atoms with Crippen LogP contribution in [0.5, 0.6) is 0 Å². The minimum Gasteiger partial charge on any atom is -0.444 e. The average molecular weight is 328 g/mol. The summed E-state index contributed by atoms with van der Waals surface area (Å²) in [6, 6.07) is 0.911. The Bertz CT molecular complexity index is 377. The summed E-state index contributed by atoms with van der Waals surface area (Å²) in [5.74, 6) is 0. The molecule has 2 unspecified atom stereocenters. The van der Waals surface area contributed by atoms with E-state index in [2.05, 4.69) is 12.2 Å². The Morgan fingerprint density at radius 2 is 1.96 bits per heavy atom. The molecule has 134 valence electrons. The van der Waals surface area contributed by atoms with Crippen molar-refractivity contribution in [1.82, 2.24) is 10.2 Å². The minimum atomic E-state index is -0.466. The maximum Gasteiger partial charge on any atom is 0.410 e. The highest BCUT2D eigenvalue weighted by Gasteiger charge is 2.32. The number of rotatable bonds is 4. The van der Waals surface area contributed by atoms with Crippen LogP contribution in [0.25, 0.3) is 0 Å². The van der Waals surface area contributed by atoms with Crippen molar-refractivity contribution in [2.75, 3.05) is 33.0 Å². The van der Waals surface area contributed by atoms with Gasteiger partial charge in [0.1, 0.15) is 5.60 Å². The van der Waals surface area contributed by atoms with E-state index in [1.807, 2.05) is 25.7 Å². The molecule has 2 atom stereocenters. The summed E-state index contributed by atoms with van der Waals surface area (Å²) in [5.41, 5.74) is -0.466. The highest BCUT2D eigenvalue weighted by Crippen LogP contribution is 2.18. The minimum absolute atomic E-state index is 0.0703. The fourth-order valence-electron chi connectivity index (χ4n) is 3.15. The largest absolute Gasteiger partial charge is 0.444 e. The highest BCUT2D eigenvalue weighted by molar-refractivity contribution is 5.68. The number of hydrogen-bond donors (Lipinski definition) is 1. The molecule has 6 heteroatoms. The molecule has 0 saturated carbocycles. The van der Waals surface area contributed by atoms with Gasteiger partial charge in [0.25, 0.3) is 0 Å². The van der Waals surface area contributed by atoms with E-state index in [9.17, 15) is 4.79 Å². The number of ether oxygens (including phenoxy) is 3. The van der Waals surface area contributed by atoms with Crippen LogP contribution in [-0.2, 0) is 14.2 Å². The summed E-state index contributed by atoms with van der Waals surface area (Å²) < 4.78 is 16.5. The van der Waals surface area contributed by atoms with E-state index in [4.69, 9.17) is 14.2 Å². The van der Waals surface area contributed by atoms with Gasteiger partial charge in [-0.15, -0.1) is 0 Å². The predicted octanol–water partition coefficient (Wildman–Crippen LogP) is 2.17. The second-order valence-electron chi connectivity index (χ2n) is 7.59. The van der Waals surface area contributed by atoms with Crippen LogP contribution < -0.4 is 5.32 Å². The quantitative estimate of drug-likeness (QED) is 0.857. The lowest BCUT2D eigenvalue weighted by Crippen LogP contribution is -2.53. The van der Waals surface area contributed by atoms with Gasteiger partial charge in [-0.05, 0) is 47.0 Å². The smallest absolute Gasteiger partial charge is 0.410 e. The topological polar surface area (TPSA) is 60.0 Å². The van der Waals surface area contributed by atoms with Crippen LogP contribution in [0.15, 0.2) is 0 Å². The third-order valence-corrected chi connectivity index (χ3v) is 4.22. The summed E-state index contributed by atoms with van der Waals surface area (Å²) in [7, 11) is 0. The average Bonchev–Trinajstić information content (AvgIpc) is 2.47. The lowest BCUT2D eigenvalue weighted by Gasteiger charge is -2.38. The molecule has 0 aromatic carbocycles. The number of morpholine rings is 1. The van der Waals surface area contributed by atoms with Gasteiger partial charge < -0.3 is 24.4 Å². The Kier molecular flexibility index (Phi) is 6.68. The van der Waals surface area contributed by atoms with Gasteiger partial charge in [0.05, 0.1) is 19.3 Å². The van der Waals surface area contributed by atoms with Gasteiger partial charge in [-0.25, -0.2) is 4.79 Å². The zero-order valence-electron chi connectivity index (χ0n) is 15.0. The lowest BCUT2D eigenvalue weighted by molar-refractivity contribution is -0.0360. The first-order valence-electron chi connectivity index (χ1n) is 8.76. The molecule has 0 radical (unpaired) electrons. The van der Waals surface area contributed by atoms with E-state index < -0.39 is 5.60 Å². The van der Waals surface area contributed by atoms with E-state index in [0.29, 0.717) is 31.8 Å². The Balaban J connectivity index is 1.85. The van der Waals surface area contributed by atoms with Crippen molar-refractivity contribution in [1.29, 1.82) is 0 Å². The molecule has 0 aromatic heterocycles. The SMILES string of the molecule is CC(CC1COCCN1C(=O)OC(C)(C)C)NC1CCOCC1. The highest BCUT2D eigenvalue weighted by atomic mass is 16.6. The fraction of sp³-hybridized carbons (Fsp3) is 0.941. The van der Waals surface area contributed by atoms with Crippen molar-refractivity contribution in [3.8, 4) is 0 Å². The Labute approximate surface area is 139 Å². The Hall–Kier alpha value is -0.850. The van der Waals surface area contributed by atoms with Gasteiger partial charge in [-0.1, -0.05) is 0 Å². The van der Waals surface area contributed by atoms with Crippen LogP contribution in [0.2, 0.25) is 0 Å². The molecule has 0 aliphatic carbocycles. The molecular weight excluding hydrogens is 296 g/mol. The zero-order chi connectivity index (χ0) is 16.9. The van der Waals surface area contributed by atoms with Crippen LogP contribution in [0.3, 0.4) is 0 Å². The van der Waals surface area contributed by atoms with E-state index >= 15 is 0 Å². The number of nitrogens with zero attached hydrogens (tertiary/aromatic N) is 1. The van der Waals surface area contributed by atoms with Crippen LogP contribution in [0, 0.1) is 0 Å². The summed E-state index contributed by atoms with van der Waals surface area (Å²) in [6.45, 7) is 11.3. The molecule has 2 rings (SSSR count). The first kappa shape index (κ1) is 18.5. The molecule has 2 saturated heterocycles. The zero-order valence-corrected chi connectivity index (χ0v) is 15.0. The van der Waals surface area contributed by atoms with Crippen molar-refractivity contribution in [3.05, 3.63) is 0 Å². The van der Waals surface area contributed by atoms with E-state index in [-0.39, 0.29) is 12.1 Å². The van der Waals surface area contributed by atoms with Crippen LogP contribution in [0.4, 0.5) is 4.79 Å². The van der Waals surface area contributed by atoms with Crippen molar-refractivity contribution in [2.45, 2.75) is 70.7 Å². The third kappa shape index (κ3) is 6.28. The van der Waals surface area contributed by atoms with Crippen molar-refractivity contribution in [3.63, 3.8) is 0 Å². The van der Waals surface area contributed by atoms with Crippen LogP contribution in [-0.4, -0.2) is 67.7 Å². The normalized spacial score (nSPS) is 25.2. The van der Waals surface area contributed by atoms with Crippen LogP contribution >= 0.6 is 0 Å². The van der Waals surface area contributed by atoms with Gasteiger partial charge in [0.2, 0.25) is 0 Å². The summed E-state index contributed by atoms with van der Waals surface area (Å²) in [5, 5.41) is 3.66. The second kappa shape index (κ2) is 8.31. The molecule has 0 bridgehead atoms. The monoisotopic (exact) mass is 328 g/mol. The molecule has 2 aliphatic heterocycles. The van der Waals surface area contributed by atoms with Gasteiger partial charge in [-0.2, -0.15) is 0 Å². The first-order valence-corrected chi connectivity index (χ1v) is 8.76. The van der Waals surface area contributed by atoms with Gasteiger partial charge >= 0.3 is 6.09 Å². The van der Waals surface area contributed by atoms with Crippen molar-refractivity contribution in [2.24, 2.45) is 0 Å². The summed E-state index contributed by atoms with van der Waals surface area (Å²) >= 11 is 0. The number of amides is 1. The van der Waals surface area contributed by atoms with Gasteiger partial charge in [-0.3, -0.25) is 0 Å². The van der Waals surface area contributed by atoms with Gasteiger partial charge in [0.15, 0.2) is 0 Å². The molecule has 1 amide bonds. The maximum atomic E-state index is 12.4. The molecule has 23 heavy (non-hydrogen) atoms. The van der Waals surface area contributed by atoms with Crippen molar-refractivity contribution >= 4 is 6.09 Å². The molecule has 2 fully saturated rings. The molecule has 6 nitrogen and oxygen atoms in total. The summed E-state index contributed by atoms with van der Waals surface area (Å²) in [4.78, 5) is 14.2. The van der Waals surface area contributed by atoms with Crippen LogP contribution in [0.1, 0.15) is 47.0 Å². The second-order valence-corrected chi connectivity index (χ2v) is 7.59. The predicted molar refractivity (Wildman–Crippen MR) is 88.6 cm³/mol. The van der Waals surface area contributed by atoms with Crippen molar-refractivity contribution < 1.29 is 19.0 Å². The lowest BCUT2D eigenvalue weighted by atomic mass is 10.0. The Morgan fingerprint density at radius 1 is 1.26 bits per heavy atom. The summed E-state index contributed by atoms with van der Waals surface area (Å²) in [6.07, 6.45) is 2.75. The molecule has 0 aromatic rings. The maximum absolute atomic E-state index is 12.4. The Morgan fingerprint density at radius 3 is 2.61 bits per heavy atom. The molecule has 1 N–H and O–H groups in total. The number of carbonyl (C=O) groups is 1. The van der Waals surface area contributed by atoms with E-state index in [1.165, 1.54) is 0 Å². The number of hydrogen-bond acceptors (Lipinski definition) is 5. The van der Waals surface area contributed by atoms with E-state index in [0.717, 1.165) is 32.5 Å². The molecule has 0 spiro atoms. The van der Waals surface area contributed by atoms with Gasteiger partial charge in [0, 0.05) is 31.8 Å². The third-order valence-electron chi connectivity index (χ3n) is 4.22. The number of carbonyl (C=O) groups excluding carboxylic acids is 1. The number of nitrogens with one attached hydrogen (secondary N) is 1. The fourth-order valence-corrected chi connectivity index (χ4v) is 3.15. The molecule has 2 heterocycles. The molecule has 2 aliphatic rings. The molecular formula is C17H32N2O4.